The zero-order valence-corrected chi connectivity index (χ0v) is 23.2. The molecule has 0 unspecified atom stereocenters. The van der Waals surface area contributed by atoms with E-state index in [1.54, 1.807) is 32.4 Å². The second kappa shape index (κ2) is 10.4. The lowest BCUT2D eigenvalue weighted by molar-refractivity contribution is 0.0963. The summed E-state index contributed by atoms with van der Waals surface area (Å²) in [7, 11) is 1.57. The summed E-state index contributed by atoms with van der Waals surface area (Å²) in [6.07, 6.45) is 4.03. The van der Waals surface area contributed by atoms with Gasteiger partial charge in [0.05, 0.1) is 23.9 Å². The van der Waals surface area contributed by atoms with Gasteiger partial charge in [0.25, 0.3) is 0 Å². The van der Waals surface area contributed by atoms with Gasteiger partial charge in [0.15, 0.2) is 11.6 Å². The minimum absolute atomic E-state index is 0.0175. The summed E-state index contributed by atoms with van der Waals surface area (Å²) in [4.78, 5) is 26.9. The number of halogens is 1. The van der Waals surface area contributed by atoms with Crippen molar-refractivity contribution in [2.45, 2.75) is 44.9 Å². The van der Waals surface area contributed by atoms with E-state index in [9.17, 15) is 14.0 Å². The minimum atomic E-state index is -0.361. The molecule has 2 aromatic heterocycles. The van der Waals surface area contributed by atoms with Gasteiger partial charge in [-0.25, -0.2) is 4.39 Å². The summed E-state index contributed by atoms with van der Waals surface area (Å²) in [6, 6.07) is 19.2. The van der Waals surface area contributed by atoms with Crippen LogP contribution in [0.25, 0.3) is 33.4 Å². The highest BCUT2D eigenvalue weighted by molar-refractivity contribution is 6.13. The number of hydrogen-bond donors (Lipinski definition) is 0. The molecule has 0 radical (unpaired) electrons. The molecule has 0 N–H and O–H groups in total. The zero-order chi connectivity index (χ0) is 28.7. The summed E-state index contributed by atoms with van der Waals surface area (Å²) in [5.74, 6) is 0.499. The van der Waals surface area contributed by atoms with Crippen molar-refractivity contribution in [1.29, 1.82) is 0 Å². The average Bonchev–Trinajstić information content (AvgIpc) is 3.68. The fourth-order valence-corrected chi connectivity index (χ4v) is 5.56. The summed E-state index contributed by atoms with van der Waals surface area (Å²) in [5.41, 5.74) is 5.36. The normalized spacial score (nSPS) is 13.8. The lowest BCUT2D eigenvalue weighted by Crippen LogP contribution is -2.16. The SMILES string of the molecule is CCC(=O)c1c(-c2ccc(F)cc2)oc2ccc(-c3cc(C(=O)CC4(c5cccnn5)CC4)c(OC)cc3C)cc12. The number of furan rings is 1. The van der Waals surface area contributed by atoms with Crippen LogP contribution in [0.4, 0.5) is 4.39 Å². The molecule has 0 aliphatic heterocycles. The largest absolute Gasteiger partial charge is 0.496 e. The topological polar surface area (TPSA) is 82.3 Å². The Hall–Kier alpha value is -4.65. The Labute approximate surface area is 237 Å². The van der Waals surface area contributed by atoms with Crippen LogP contribution in [0.1, 0.15) is 64.6 Å². The van der Waals surface area contributed by atoms with E-state index in [2.05, 4.69) is 10.2 Å². The molecule has 0 atom stereocenters. The fourth-order valence-electron chi connectivity index (χ4n) is 5.56. The number of hydrogen-bond acceptors (Lipinski definition) is 6. The monoisotopic (exact) mass is 548 g/mol. The highest BCUT2D eigenvalue weighted by atomic mass is 19.1. The van der Waals surface area contributed by atoms with Crippen LogP contribution >= 0.6 is 0 Å². The molecule has 1 fully saturated rings. The first kappa shape index (κ1) is 26.6. The first-order valence-corrected chi connectivity index (χ1v) is 13.7. The zero-order valence-electron chi connectivity index (χ0n) is 23.2. The van der Waals surface area contributed by atoms with Gasteiger partial charge in [-0.3, -0.25) is 9.59 Å². The van der Waals surface area contributed by atoms with Crippen molar-refractivity contribution in [1.82, 2.24) is 10.2 Å². The number of benzene rings is 3. The van der Waals surface area contributed by atoms with Crippen molar-refractivity contribution in [3.05, 3.63) is 101 Å². The van der Waals surface area contributed by atoms with Gasteiger partial charge in [0, 0.05) is 35.4 Å². The van der Waals surface area contributed by atoms with E-state index in [4.69, 9.17) is 9.15 Å². The van der Waals surface area contributed by atoms with Gasteiger partial charge in [0.2, 0.25) is 0 Å². The minimum Gasteiger partial charge on any atom is -0.496 e. The van der Waals surface area contributed by atoms with Gasteiger partial charge < -0.3 is 9.15 Å². The van der Waals surface area contributed by atoms with Crippen molar-refractivity contribution < 1.29 is 23.1 Å². The second-order valence-electron chi connectivity index (χ2n) is 10.7. The molecule has 0 spiro atoms. The van der Waals surface area contributed by atoms with Gasteiger partial charge in [-0.2, -0.15) is 10.2 Å². The first-order chi connectivity index (χ1) is 19.8. The molecule has 1 aliphatic rings. The molecule has 41 heavy (non-hydrogen) atoms. The molecule has 6 nitrogen and oxygen atoms in total. The second-order valence-corrected chi connectivity index (χ2v) is 10.7. The number of rotatable bonds is 9. The Bertz CT molecular complexity index is 1790. The highest BCUT2D eigenvalue weighted by Crippen LogP contribution is 2.51. The number of methoxy groups -OCH3 is 1. The smallest absolute Gasteiger partial charge is 0.167 e. The van der Waals surface area contributed by atoms with E-state index in [1.807, 2.05) is 49.4 Å². The van der Waals surface area contributed by atoms with Crippen LogP contribution in [0.2, 0.25) is 0 Å². The van der Waals surface area contributed by atoms with E-state index in [1.165, 1.54) is 12.1 Å². The van der Waals surface area contributed by atoms with Crippen LogP contribution in [0.5, 0.6) is 5.75 Å². The number of ether oxygens (including phenoxy) is 1. The molecule has 5 aromatic rings. The van der Waals surface area contributed by atoms with E-state index in [-0.39, 0.29) is 22.8 Å². The number of Topliss-reactive ketones (excluding diaryl/α,β-unsaturated/α-hetero) is 2. The number of carbonyl (C=O) groups excluding carboxylic acids is 2. The Morgan fingerprint density at radius 2 is 1.76 bits per heavy atom. The number of ketones is 2. The summed E-state index contributed by atoms with van der Waals surface area (Å²) in [6.45, 7) is 3.77. The van der Waals surface area contributed by atoms with Crippen molar-refractivity contribution in [3.8, 4) is 28.2 Å². The van der Waals surface area contributed by atoms with E-state index >= 15 is 0 Å². The molecule has 3 aromatic carbocycles. The third kappa shape index (κ3) is 4.82. The lowest BCUT2D eigenvalue weighted by Gasteiger charge is -2.17. The number of fused-ring (bicyclic) bond motifs is 1. The lowest BCUT2D eigenvalue weighted by atomic mass is 9.89. The maximum atomic E-state index is 13.7. The van der Waals surface area contributed by atoms with Crippen molar-refractivity contribution >= 4 is 22.5 Å². The summed E-state index contributed by atoms with van der Waals surface area (Å²) >= 11 is 0. The predicted molar refractivity (Wildman–Crippen MR) is 155 cm³/mol. The first-order valence-electron chi connectivity index (χ1n) is 13.7. The maximum absolute atomic E-state index is 13.7. The summed E-state index contributed by atoms with van der Waals surface area (Å²) < 4.78 is 25.4. The Balaban J connectivity index is 1.43. The van der Waals surface area contributed by atoms with Crippen LogP contribution < -0.4 is 4.74 Å². The molecule has 2 heterocycles. The molecule has 0 bridgehead atoms. The van der Waals surface area contributed by atoms with Gasteiger partial charge in [-0.05, 0) is 97.1 Å². The van der Waals surface area contributed by atoms with E-state index in [0.29, 0.717) is 52.0 Å². The molecule has 0 saturated heterocycles. The number of aromatic nitrogens is 2. The van der Waals surface area contributed by atoms with Crippen molar-refractivity contribution in [2.24, 2.45) is 0 Å². The van der Waals surface area contributed by atoms with E-state index in [0.717, 1.165) is 35.2 Å². The van der Waals surface area contributed by atoms with Gasteiger partial charge >= 0.3 is 0 Å². The highest BCUT2D eigenvalue weighted by Gasteiger charge is 2.47. The summed E-state index contributed by atoms with van der Waals surface area (Å²) in [5, 5.41) is 8.97. The standard InChI is InChI=1S/C34H29FN2O4/c1-4-27(38)32-26-17-22(9-12-29(26)41-33(32)21-7-10-23(35)11-8-21)24-18-25(30(40-3)16-20(24)2)28(39)19-34(13-14-34)31-6-5-15-36-37-31/h5-12,15-18H,4,13-14,19H2,1-3H3. The van der Waals surface area contributed by atoms with Crippen molar-refractivity contribution in [2.75, 3.05) is 7.11 Å². The molecule has 206 valence electrons. The third-order valence-electron chi connectivity index (χ3n) is 8.02. The van der Waals surface area contributed by atoms with Crippen LogP contribution in [-0.2, 0) is 5.41 Å². The number of aryl methyl sites for hydroxylation is 1. The molecular weight excluding hydrogens is 519 g/mol. The van der Waals surface area contributed by atoms with Crippen LogP contribution in [0.15, 0.2) is 77.3 Å². The fraction of sp³-hybridized carbons (Fsp3) is 0.235. The van der Waals surface area contributed by atoms with Gasteiger partial charge in [0.1, 0.15) is 22.9 Å². The molecular formula is C34H29FN2O4. The molecule has 1 aliphatic carbocycles. The number of carbonyl (C=O) groups is 2. The molecule has 0 amide bonds. The quantitative estimate of drug-likeness (QED) is 0.174. The Kier molecular flexibility index (Phi) is 6.73. The molecule has 6 rings (SSSR count). The van der Waals surface area contributed by atoms with Gasteiger partial charge in [-0.15, -0.1) is 0 Å². The molecule has 1 saturated carbocycles. The Morgan fingerprint density at radius 3 is 2.41 bits per heavy atom. The van der Waals surface area contributed by atoms with Crippen molar-refractivity contribution in [3.63, 3.8) is 0 Å². The maximum Gasteiger partial charge on any atom is 0.167 e. The van der Waals surface area contributed by atoms with E-state index < -0.39 is 0 Å². The van der Waals surface area contributed by atoms with Crippen LogP contribution in [0.3, 0.4) is 0 Å². The number of nitrogens with zero attached hydrogens (tertiary/aromatic N) is 2. The van der Waals surface area contributed by atoms with Gasteiger partial charge in [-0.1, -0.05) is 13.0 Å². The Morgan fingerprint density at radius 1 is 1.00 bits per heavy atom. The van der Waals surface area contributed by atoms with Crippen LogP contribution in [-0.4, -0.2) is 28.9 Å². The average molecular weight is 549 g/mol. The third-order valence-corrected chi connectivity index (χ3v) is 8.02. The van der Waals surface area contributed by atoms with Crippen LogP contribution in [0, 0.1) is 12.7 Å². The predicted octanol–water partition coefficient (Wildman–Crippen LogP) is 7.91. The molecule has 7 heteroatoms.